The maximum atomic E-state index is 11.9. The third kappa shape index (κ3) is 2.43. The molecule has 0 spiro atoms. The summed E-state index contributed by atoms with van der Waals surface area (Å²) in [6.45, 7) is -0.140. The van der Waals surface area contributed by atoms with E-state index in [1.165, 1.54) is 17.4 Å². The summed E-state index contributed by atoms with van der Waals surface area (Å²) in [6, 6.07) is 4.79. The van der Waals surface area contributed by atoms with E-state index in [1.807, 2.05) is 0 Å². The molecule has 0 bridgehead atoms. The van der Waals surface area contributed by atoms with E-state index in [0.717, 1.165) is 11.3 Å². The van der Waals surface area contributed by atoms with Crippen LogP contribution >= 0.6 is 22.7 Å². The first-order chi connectivity index (χ1) is 7.62. The van der Waals surface area contributed by atoms with Crippen LogP contribution < -0.4 is 4.72 Å². The van der Waals surface area contributed by atoms with Gasteiger partial charge in [0.15, 0.2) is 0 Å². The van der Waals surface area contributed by atoms with Crippen molar-refractivity contribution in [2.45, 2.75) is 10.8 Å². The Morgan fingerprint density at radius 2 is 2.12 bits per heavy atom. The van der Waals surface area contributed by atoms with Crippen LogP contribution in [-0.4, -0.2) is 13.5 Å². The predicted octanol–water partition coefficient (Wildman–Crippen LogP) is 2.10. The van der Waals surface area contributed by atoms with Gasteiger partial charge in [-0.3, -0.25) is 4.72 Å². The first-order valence-electron chi connectivity index (χ1n) is 4.36. The lowest BCUT2D eigenvalue weighted by Gasteiger charge is -2.02. The third-order valence-electron chi connectivity index (χ3n) is 1.83. The summed E-state index contributed by atoms with van der Waals surface area (Å²) in [5.41, 5.74) is 0.559. The maximum Gasteiger partial charge on any atom is 0.271 e. The normalized spacial score (nSPS) is 11.6. The number of rotatable bonds is 4. The van der Waals surface area contributed by atoms with Gasteiger partial charge >= 0.3 is 0 Å². The van der Waals surface area contributed by atoms with Crippen molar-refractivity contribution in [3.8, 4) is 0 Å². The zero-order valence-corrected chi connectivity index (χ0v) is 10.5. The van der Waals surface area contributed by atoms with Crippen molar-refractivity contribution in [2.24, 2.45) is 0 Å². The summed E-state index contributed by atoms with van der Waals surface area (Å²) < 4.78 is 26.4. The molecular weight excluding hydrogens is 266 g/mol. The average molecular weight is 275 g/mol. The zero-order chi connectivity index (χ0) is 11.6. The molecule has 2 N–H and O–H groups in total. The molecule has 2 aromatic heterocycles. The molecule has 16 heavy (non-hydrogen) atoms. The van der Waals surface area contributed by atoms with Gasteiger partial charge in [-0.15, -0.1) is 11.3 Å². The van der Waals surface area contributed by atoms with Gasteiger partial charge in [0.25, 0.3) is 10.0 Å². The summed E-state index contributed by atoms with van der Waals surface area (Å²) in [4.78, 5) is 0.630. The molecule has 2 aromatic rings. The summed E-state index contributed by atoms with van der Waals surface area (Å²) in [6.07, 6.45) is 0. The minimum absolute atomic E-state index is 0.140. The second kappa shape index (κ2) is 4.54. The van der Waals surface area contributed by atoms with Crippen LogP contribution in [0.25, 0.3) is 0 Å². The van der Waals surface area contributed by atoms with Crippen LogP contribution in [0.3, 0.4) is 0 Å². The highest BCUT2D eigenvalue weighted by Gasteiger charge is 2.16. The minimum Gasteiger partial charge on any atom is -0.391 e. The number of hydrogen-bond acceptors (Lipinski definition) is 5. The van der Waals surface area contributed by atoms with Crippen molar-refractivity contribution in [3.05, 3.63) is 33.8 Å². The highest BCUT2D eigenvalue weighted by atomic mass is 32.2. The molecule has 2 rings (SSSR count). The average Bonchev–Trinajstić information content (AvgIpc) is 2.85. The topological polar surface area (TPSA) is 66.4 Å². The number of hydrogen-bond donors (Lipinski definition) is 2. The van der Waals surface area contributed by atoms with E-state index < -0.39 is 10.0 Å². The molecule has 7 heteroatoms. The standard InChI is InChI=1S/C9H9NO3S3/c11-5-8-1-2-9(15-8)16(12,13)10-7-3-4-14-6-7/h1-4,6,10-11H,5H2. The van der Waals surface area contributed by atoms with Crippen molar-refractivity contribution >= 4 is 38.4 Å². The summed E-state index contributed by atoms with van der Waals surface area (Å²) in [5.74, 6) is 0. The Morgan fingerprint density at radius 3 is 2.69 bits per heavy atom. The number of nitrogens with one attached hydrogen (secondary N) is 1. The first-order valence-corrected chi connectivity index (χ1v) is 7.60. The first kappa shape index (κ1) is 11.6. The molecule has 0 aliphatic carbocycles. The van der Waals surface area contributed by atoms with E-state index in [2.05, 4.69) is 4.72 Å². The Bertz CT molecular complexity index is 557. The SMILES string of the molecule is O=S(=O)(Nc1ccsc1)c1ccc(CO)s1. The second-order valence-corrected chi connectivity index (χ2v) is 6.85. The molecule has 0 saturated carbocycles. The van der Waals surface area contributed by atoms with Gasteiger partial charge in [0.2, 0.25) is 0 Å². The molecular formula is C9H9NO3S3. The smallest absolute Gasteiger partial charge is 0.271 e. The van der Waals surface area contributed by atoms with Crippen LogP contribution in [0.15, 0.2) is 33.2 Å². The quantitative estimate of drug-likeness (QED) is 0.898. The molecule has 0 fully saturated rings. The van der Waals surface area contributed by atoms with Gasteiger partial charge in [-0.05, 0) is 23.6 Å². The molecule has 0 aromatic carbocycles. The van der Waals surface area contributed by atoms with Crippen LogP contribution in [0, 0.1) is 0 Å². The van der Waals surface area contributed by atoms with Crippen LogP contribution in [0.5, 0.6) is 0 Å². The van der Waals surface area contributed by atoms with Gasteiger partial charge in [0.1, 0.15) is 4.21 Å². The molecule has 4 nitrogen and oxygen atoms in total. The lowest BCUT2D eigenvalue weighted by molar-refractivity contribution is 0.285. The fourth-order valence-corrected chi connectivity index (χ4v) is 4.04. The van der Waals surface area contributed by atoms with Crippen LogP contribution in [0.1, 0.15) is 4.88 Å². The Balaban J connectivity index is 2.25. The maximum absolute atomic E-state index is 11.9. The summed E-state index contributed by atoms with van der Waals surface area (Å²) >= 11 is 2.49. The predicted molar refractivity (Wildman–Crippen MR) is 65.4 cm³/mol. The summed E-state index contributed by atoms with van der Waals surface area (Å²) in [7, 11) is -3.51. The molecule has 0 atom stereocenters. The number of thiophene rings is 2. The van der Waals surface area contributed by atoms with Crippen LogP contribution in [0.2, 0.25) is 0 Å². The van der Waals surface area contributed by atoms with Crippen molar-refractivity contribution in [1.82, 2.24) is 0 Å². The number of anilines is 1. The van der Waals surface area contributed by atoms with E-state index in [-0.39, 0.29) is 10.8 Å². The molecule has 0 unspecified atom stereocenters. The van der Waals surface area contributed by atoms with Crippen molar-refractivity contribution < 1.29 is 13.5 Å². The monoisotopic (exact) mass is 275 g/mol. The zero-order valence-electron chi connectivity index (χ0n) is 8.08. The molecule has 0 aliphatic heterocycles. The minimum atomic E-state index is -3.51. The number of sulfonamides is 1. The van der Waals surface area contributed by atoms with Gasteiger partial charge in [0, 0.05) is 10.3 Å². The fourth-order valence-electron chi connectivity index (χ4n) is 1.12. The van der Waals surface area contributed by atoms with Crippen LogP contribution in [-0.2, 0) is 16.6 Å². The Labute approximate surface area is 101 Å². The molecule has 0 aliphatic rings. The molecule has 86 valence electrons. The van der Waals surface area contributed by atoms with Crippen molar-refractivity contribution in [2.75, 3.05) is 4.72 Å². The largest absolute Gasteiger partial charge is 0.391 e. The van der Waals surface area contributed by atoms with E-state index in [4.69, 9.17) is 5.11 Å². The number of aliphatic hydroxyl groups excluding tert-OH is 1. The van der Waals surface area contributed by atoms with E-state index >= 15 is 0 Å². The van der Waals surface area contributed by atoms with Gasteiger partial charge in [0.05, 0.1) is 12.3 Å². The Morgan fingerprint density at radius 1 is 1.31 bits per heavy atom. The van der Waals surface area contributed by atoms with Gasteiger partial charge in [-0.1, -0.05) is 0 Å². The molecule has 0 saturated heterocycles. The molecule has 0 radical (unpaired) electrons. The van der Waals surface area contributed by atoms with Crippen LogP contribution in [0.4, 0.5) is 5.69 Å². The highest BCUT2D eigenvalue weighted by Crippen LogP contribution is 2.24. The lowest BCUT2D eigenvalue weighted by atomic mass is 10.5. The highest BCUT2D eigenvalue weighted by molar-refractivity contribution is 7.94. The Kier molecular flexibility index (Phi) is 3.29. The van der Waals surface area contributed by atoms with Gasteiger partial charge in [-0.25, -0.2) is 8.42 Å². The van der Waals surface area contributed by atoms with Gasteiger partial charge in [-0.2, -0.15) is 11.3 Å². The van der Waals surface area contributed by atoms with Crippen molar-refractivity contribution in [3.63, 3.8) is 0 Å². The Hall–Kier alpha value is -0.890. The van der Waals surface area contributed by atoms with Gasteiger partial charge < -0.3 is 5.11 Å². The fraction of sp³-hybridized carbons (Fsp3) is 0.111. The van der Waals surface area contributed by atoms with Crippen molar-refractivity contribution in [1.29, 1.82) is 0 Å². The summed E-state index contributed by atoms with van der Waals surface area (Å²) in [5, 5.41) is 12.4. The van der Waals surface area contributed by atoms with E-state index in [1.54, 1.807) is 22.9 Å². The second-order valence-electron chi connectivity index (χ2n) is 3.00. The van der Waals surface area contributed by atoms with E-state index in [9.17, 15) is 8.42 Å². The third-order valence-corrected chi connectivity index (χ3v) is 5.46. The molecule has 0 amide bonds. The number of aliphatic hydroxyl groups is 1. The van der Waals surface area contributed by atoms with E-state index in [0.29, 0.717) is 10.6 Å². The molecule has 2 heterocycles. The lowest BCUT2D eigenvalue weighted by Crippen LogP contribution is -2.10.